The van der Waals surface area contributed by atoms with Crippen LogP contribution in [0.3, 0.4) is 0 Å². The molecule has 0 radical (unpaired) electrons. The highest BCUT2D eigenvalue weighted by Crippen LogP contribution is 2.37. The molecule has 126 valence electrons. The van der Waals surface area contributed by atoms with Gasteiger partial charge >= 0.3 is 0 Å². The van der Waals surface area contributed by atoms with Crippen LogP contribution in [0.5, 0.6) is 0 Å². The molecule has 1 saturated carbocycles. The fourth-order valence-corrected chi connectivity index (χ4v) is 3.85. The Labute approximate surface area is 145 Å². The highest BCUT2D eigenvalue weighted by atomic mass is 19.1. The minimum atomic E-state index is 0.437. The van der Waals surface area contributed by atoms with E-state index in [1.807, 2.05) is 0 Å². The number of aryl methyl sites for hydroxylation is 1. The lowest BCUT2D eigenvalue weighted by Gasteiger charge is -2.27. The molecule has 0 bridgehead atoms. The number of rotatable bonds is 5. The first-order valence-corrected chi connectivity index (χ1v) is 9.26. The molecule has 0 amide bonds. The van der Waals surface area contributed by atoms with Crippen LogP contribution >= 0.6 is 0 Å². The molecule has 0 aromatic heterocycles. The van der Waals surface area contributed by atoms with E-state index in [9.17, 15) is 4.39 Å². The van der Waals surface area contributed by atoms with Gasteiger partial charge in [0.05, 0.1) is 6.33 Å². The summed E-state index contributed by atoms with van der Waals surface area (Å²) in [6.07, 6.45) is 9.32. The Balaban J connectivity index is 1.65. The lowest BCUT2D eigenvalue weighted by molar-refractivity contribution is 0.373. The van der Waals surface area contributed by atoms with Crippen LogP contribution in [0.4, 0.5) is 4.39 Å². The minimum Gasteiger partial charge on any atom is -0.216 e. The first-order chi connectivity index (χ1) is 11.8. The summed E-state index contributed by atoms with van der Waals surface area (Å²) in [5, 5.41) is 0. The lowest BCUT2D eigenvalue weighted by atomic mass is 9.78. The van der Waals surface area contributed by atoms with E-state index in [4.69, 9.17) is 0 Å². The van der Waals surface area contributed by atoms with Crippen molar-refractivity contribution in [3.05, 3.63) is 72.1 Å². The lowest BCUT2D eigenvalue weighted by Crippen LogP contribution is -2.11. The normalized spacial score (nSPS) is 21.2. The zero-order valence-electron chi connectivity index (χ0n) is 14.5. The van der Waals surface area contributed by atoms with E-state index in [-0.39, 0.29) is 0 Å². The minimum absolute atomic E-state index is 0.437. The number of hydrogen-bond donors (Lipinski definition) is 0. The Morgan fingerprint density at radius 3 is 2.00 bits per heavy atom. The Kier molecular flexibility index (Phi) is 5.85. The van der Waals surface area contributed by atoms with Gasteiger partial charge in [0.25, 0.3) is 0 Å². The van der Waals surface area contributed by atoms with Gasteiger partial charge in [0, 0.05) is 0 Å². The summed E-state index contributed by atoms with van der Waals surface area (Å²) in [4.78, 5) is 0. The molecule has 0 spiro atoms. The third-order valence-electron chi connectivity index (χ3n) is 5.32. The van der Waals surface area contributed by atoms with Gasteiger partial charge in [-0.2, -0.15) is 0 Å². The predicted octanol–water partition coefficient (Wildman–Crippen LogP) is 7.06. The van der Waals surface area contributed by atoms with E-state index in [1.54, 1.807) is 6.08 Å². The molecule has 1 fully saturated rings. The quantitative estimate of drug-likeness (QED) is 0.552. The van der Waals surface area contributed by atoms with Crippen LogP contribution in [-0.4, -0.2) is 0 Å². The molecule has 0 N–H and O–H groups in total. The van der Waals surface area contributed by atoms with Crippen molar-refractivity contribution in [2.75, 3.05) is 0 Å². The van der Waals surface area contributed by atoms with Crippen LogP contribution < -0.4 is 0 Å². The monoisotopic (exact) mass is 322 g/mol. The molecule has 0 nitrogen and oxygen atoms in total. The molecule has 0 atom stereocenters. The van der Waals surface area contributed by atoms with Crippen LogP contribution in [0.25, 0.3) is 11.1 Å². The van der Waals surface area contributed by atoms with Crippen LogP contribution in [0.1, 0.15) is 56.1 Å². The first-order valence-electron chi connectivity index (χ1n) is 9.26. The predicted molar refractivity (Wildman–Crippen MR) is 101 cm³/mol. The molecule has 3 rings (SSSR count). The number of benzene rings is 2. The summed E-state index contributed by atoms with van der Waals surface area (Å²) in [5.41, 5.74) is 5.43. The van der Waals surface area contributed by atoms with Gasteiger partial charge in [-0.05, 0) is 66.2 Å². The summed E-state index contributed by atoms with van der Waals surface area (Å²) in [7, 11) is 0. The van der Waals surface area contributed by atoms with Gasteiger partial charge in [0.1, 0.15) is 0 Å². The van der Waals surface area contributed by atoms with Gasteiger partial charge in [0.15, 0.2) is 0 Å². The van der Waals surface area contributed by atoms with Crippen LogP contribution in [0.15, 0.2) is 60.9 Å². The molecule has 2 aromatic rings. The third-order valence-corrected chi connectivity index (χ3v) is 5.32. The van der Waals surface area contributed by atoms with Crippen molar-refractivity contribution in [3.63, 3.8) is 0 Å². The standard InChI is InChI=1S/C23H27F/c1-2-3-18-4-8-20(9-5-18)22-12-14-23(15-13-22)21-10-6-19(7-11-21)16-17-24/h4-5,8-9,12-17,19,21H,2-3,6-7,10-11H2,1H3. The van der Waals surface area contributed by atoms with Crippen molar-refractivity contribution in [2.45, 2.75) is 51.4 Å². The van der Waals surface area contributed by atoms with E-state index in [0.29, 0.717) is 18.2 Å². The Morgan fingerprint density at radius 1 is 0.875 bits per heavy atom. The highest BCUT2D eigenvalue weighted by Gasteiger charge is 2.20. The highest BCUT2D eigenvalue weighted by molar-refractivity contribution is 5.64. The van der Waals surface area contributed by atoms with Gasteiger partial charge in [-0.1, -0.05) is 68.0 Å². The van der Waals surface area contributed by atoms with E-state index in [0.717, 1.165) is 19.3 Å². The van der Waals surface area contributed by atoms with Crippen molar-refractivity contribution in [3.8, 4) is 11.1 Å². The zero-order chi connectivity index (χ0) is 16.8. The molecule has 1 aliphatic rings. The van der Waals surface area contributed by atoms with Crippen molar-refractivity contribution in [2.24, 2.45) is 5.92 Å². The number of hydrogen-bond acceptors (Lipinski definition) is 0. The number of allylic oxidation sites excluding steroid dienone is 1. The fraction of sp³-hybridized carbons (Fsp3) is 0.391. The largest absolute Gasteiger partial charge is 0.216 e. The summed E-state index contributed by atoms with van der Waals surface area (Å²) in [6.45, 7) is 2.22. The van der Waals surface area contributed by atoms with Crippen LogP contribution in [0, 0.1) is 5.92 Å². The van der Waals surface area contributed by atoms with Crippen LogP contribution in [0.2, 0.25) is 0 Å². The van der Waals surface area contributed by atoms with Crippen molar-refractivity contribution < 1.29 is 4.39 Å². The second kappa shape index (κ2) is 8.28. The van der Waals surface area contributed by atoms with E-state index >= 15 is 0 Å². The Bertz CT molecular complexity index is 643. The molecule has 0 aliphatic heterocycles. The molecule has 0 saturated heterocycles. The maximum absolute atomic E-state index is 12.3. The smallest absolute Gasteiger partial charge is 0.0829 e. The fourth-order valence-electron chi connectivity index (χ4n) is 3.85. The van der Waals surface area contributed by atoms with Crippen molar-refractivity contribution >= 4 is 0 Å². The van der Waals surface area contributed by atoms with E-state index < -0.39 is 0 Å². The topological polar surface area (TPSA) is 0 Å². The molecule has 1 heteroatoms. The maximum Gasteiger partial charge on any atom is 0.0829 e. The van der Waals surface area contributed by atoms with Crippen LogP contribution in [-0.2, 0) is 6.42 Å². The molecule has 1 aliphatic carbocycles. The summed E-state index contributed by atoms with van der Waals surface area (Å²) in [5.74, 6) is 1.07. The second-order valence-corrected chi connectivity index (χ2v) is 7.00. The molecular weight excluding hydrogens is 295 g/mol. The molecule has 0 unspecified atom stereocenters. The first kappa shape index (κ1) is 17.0. The summed E-state index contributed by atoms with van der Waals surface area (Å²) >= 11 is 0. The molecule has 24 heavy (non-hydrogen) atoms. The molecule has 0 heterocycles. The van der Waals surface area contributed by atoms with E-state index in [2.05, 4.69) is 55.5 Å². The summed E-state index contributed by atoms with van der Waals surface area (Å²) < 4.78 is 12.3. The molecular formula is C23H27F. The Morgan fingerprint density at radius 2 is 1.46 bits per heavy atom. The SMILES string of the molecule is CCCc1ccc(-c2ccc(C3CCC(C=CF)CC3)cc2)cc1. The van der Waals surface area contributed by atoms with Gasteiger partial charge in [-0.15, -0.1) is 0 Å². The zero-order valence-corrected chi connectivity index (χ0v) is 14.5. The second-order valence-electron chi connectivity index (χ2n) is 7.00. The summed E-state index contributed by atoms with van der Waals surface area (Å²) in [6, 6.07) is 18.0. The van der Waals surface area contributed by atoms with Gasteiger partial charge in [-0.3, -0.25) is 0 Å². The van der Waals surface area contributed by atoms with Gasteiger partial charge in [0.2, 0.25) is 0 Å². The van der Waals surface area contributed by atoms with Gasteiger partial charge < -0.3 is 0 Å². The third kappa shape index (κ3) is 4.14. The maximum atomic E-state index is 12.3. The van der Waals surface area contributed by atoms with E-state index in [1.165, 1.54) is 41.5 Å². The average molecular weight is 322 g/mol. The van der Waals surface area contributed by atoms with Gasteiger partial charge in [-0.25, -0.2) is 4.39 Å². The number of halogens is 1. The van der Waals surface area contributed by atoms with Crippen molar-refractivity contribution in [1.29, 1.82) is 0 Å². The Hall–Kier alpha value is -1.89. The van der Waals surface area contributed by atoms with Crippen molar-refractivity contribution in [1.82, 2.24) is 0 Å². The molecule has 2 aromatic carbocycles. The average Bonchev–Trinajstić information content (AvgIpc) is 2.64.